The van der Waals surface area contributed by atoms with Crippen LogP contribution in [0.1, 0.15) is 29.5 Å². The van der Waals surface area contributed by atoms with Crippen molar-refractivity contribution in [2.24, 2.45) is 5.41 Å². The first-order chi connectivity index (χ1) is 15.1. The largest absolute Gasteiger partial charge is 0.342 e. The third-order valence-electron chi connectivity index (χ3n) is 6.86. The molecular weight excluding hydrogens is 384 g/mol. The van der Waals surface area contributed by atoms with Crippen LogP contribution in [0.5, 0.6) is 0 Å². The number of carbonyl (C=O) groups is 1. The summed E-state index contributed by atoms with van der Waals surface area (Å²) in [6, 6.07) is 18.8. The lowest BCUT2D eigenvalue weighted by molar-refractivity contribution is -0.135. The van der Waals surface area contributed by atoms with Gasteiger partial charge in [0.1, 0.15) is 0 Å². The van der Waals surface area contributed by atoms with E-state index in [4.69, 9.17) is 0 Å². The summed E-state index contributed by atoms with van der Waals surface area (Å²) in [6.07, 6.45) is 6.96. The van der Waals surface area contributed by atoms with Crippen LogP contribution in [0.2, 0.25) is 0 Å². The topological polar surface area (TPSA) is 41.4 Å². The van der Waals surface area contributed by atoms with Crippen LogP contribution in [0.3, 0.4) is 0 Å². The lowest BCUT2D eigenvalue weighted by Crippen LogP contribution is -2.37. The molecule has 0 saturated carbocycles. The average Bonchev–Trinajstić information content (AvgIpc) is 3.49. The van der Waals surface area contributed by atoms with Crippen molar-refractivity contribution in [1.82, 2.24) is 19.6 Å². The minimum absolute atomic E-state index is 0.177. The molecule has 5 heteroatoms. The minimum Gasteiger partial charge on any atom is -0.342 e. The third kappa shape index (κ3) is 4.15. The second-order valence-electron chi connectivity index (χ2n) is 9.15. The van der Waals surface area contributed by atoms with Gasteiger partial charge in [-0.25, -0.2) is 4.68 Å². The zero-order chi connectivity index (χ0) is 21.3. The van der Waals surface area contributed by atoms with E-state index in [-0.39, 0.29) is 5.41 Å². The van der Waals surface area contributed by atoms with Crippen molar-refractivity contribution in [1.29, 1.82) is 0 Å². The molecule has 2 fully saturated rings. The number of carbonyl (C=O) groups excluding carboxylic acids is 1. The molecule has 1 aromatic heterocycles. The number of nitrogens with zero attached hydrogens (tertiary/aromatic N) is 4. The Bertz CT molecular complexity index is 1060. The summed E-state index contributed by atoms with van der Waals surface area (Å²) >= 11 is 0. The molecule has 0 radical (unpaired) electrons. The van der Waals surface area contributed by atoms with E-state index in [1.807, 2.05) is 16.9 Å². The summed E-state index contributed by atoms with van der Waals surface area (Å²) < 4.78 is 1.94. The van der Waals surface area contributed by atoms with E-state index >= 15 is 0 Å². The predicted octanol–water partition coefficient (Wildman–Crippen LogP) is 3.85. The van der Waals surface area contributed by atoms with Gasteiger partial charge in [-0.2, -0.15) is 5.10 Å². The average molecular weight is 415 g/mol. The number of likely N-dealkylation sites (tertiary alicyclic amines) is 2. The van der Waals surface area contributed by atoms with Gasteiger partial charge in [0.25, 0.3) is 0 Å². The maximum atomic E-state index is 13.3. The highest BCUT2D eigenvalue weighted by atomic mass is 16.2. The van der Waals surface area contributed by atoms with E-state index in [1.165, 1.54) is 16.7 Å². The van der Waals surface area contributed by atoms with Crippen LogP contribution in [-0.2, 0) is 17.8 Å². The van der Waals surface area contributed by atoms with E-state index in [9.17, 15) is 4.79 Å². The molecule has 1 spiro atoms. The van der Waals surface area contributed by atoms with Crippen LogP contribution in [-0.4, -0.2) is 51.7 Å². The molecule has 0 N–H and O–H groups in total. The van der Waals surface area contributed by atoms with Crippen LogP contribution < -0.4 is 0 Å². The van der Waals surface area contributed by atoms with Crippen molar-refractivity contribution >= 4 is 5.91 Å². The highest BCUT2D eigenvalue weighted by Crippen LogP contribution is 2.41. The number of hydrogen-bond donors (Lipinski definition) is 0. The Morgan fingerprint density at radius 3 is 2.68 bits per heavy atom. The number of rotatable bonds is 6. The van der Waals surface area contributed by atoms with Crippen LogP contribution >= 0.6 is 0 Å². The number of aromatic nitrogens is 2. The molecule has 2 aromatic carbocycles. The molecule has 1 amide bonds. The molecule has 5 rings (SSSR count). The van der Waals surface area contributed by atoms with Crippen LogP contribution in [0.25, 0.3) is 5.69 Å². The van der Waals surface area contributed by atoms with Crippen molar-refractivity contribution in [3.05, 3.63) is 83.7 Å². The second-order valence-corrected chi connectivity index (χ2v) is 9.15. The number of hydrogen-bond acceptors (Lipinski definition) is 3. The minimum atomic E-state index is -0.177. The SMILES string of the molecule is Cc1cccc(-n2cc(CN3CCC4(CCN(CCc5ccccc5)C4=O)C3)cn2)c1. The molecule has 2 aliphatic rings. The van der Waals surface area contributed by atoms with Gasteiger partial charge in [-0.1, -0.05) is 42.5 Å². The van der Waals surface area contributed by atoms with Crippen molar-refractivity contribution in [2.45, 2.75) is 32.7 Å². The van der Waals surface area contributed by atoms with Crippen molar-refractivity contribution in [3.8, 4) is 5.69 Å². The summed E-state index contributed by atoms with van der Waals surface area (Å²) in [4.78, 5) is 17.8. The fourth-order valence-electron chi connectivity index (χ4n) is 5.10. The maximum absolute atomic E-state index is 13.3. The molecule has 3 aromatic rings. The first-order valence-electron chi connectivity index (χ1n) is 11.3. The Hall–Kier alpha value is -2.92. The van der Waals surface area contributed by atoms with Crippen LogP contribution in [0, 0.1) is 12.3 Å². The summed E-state index contributed by atoms with van der Waals surface area (Å²) in [5.74, 6) is 0.362. The van der Waals surface area contributed by atoms with Gasteiger partial charge in [0.05, 0.1) is 17.3 Å². The molecule has 0 bridgehead atoms. The van der Waals surface area contributed by atoms with Gasteiger partial charge in [0.2, 0.25) is 5.91 Å². The summed E-state index contributed by atoms with van der Waals surface area (Å²) in [5, 5.41) is 4.55. The molecule has 5 nitrogen and oxygen atoms in total. The van der Waals surface area contributed by atoms with Gasteiger partial charge >= 0.3 is 0 Å². The van der Waals surface area contributed by atoms with Crippen LogP contribution in [0.15, 0.2) is 67.0 Å². The highest BCUT2D eigenvalue weighted by molar-refractivity contribution is 5.85. The smallest absolute Gasteiger partial charge is 0.230 e. The predicted molar refractivity (Wildman–Crippen MR) is 122 cm³/mol. The molecule has 31 heavy (non-hydrogen) atoms. The quantitative estimate of drug-likeness (QED) is 0.615. The van der Waals surface area contributed by atoms with E-state index in [2.05, 4.69) is 76.6 Å². The lowest BCUT2D eigenvalue weighted by Gasteiger charge is -2.23. The van der Waals surface area contributed by atoms with Gasteiger partial charge in [0.15, 0.2) is 0 Å². The van der Waals surface area contributed by atoms with Crippen LogP contribution in [0.4, 0.5) is 0 Å². The Kier molecular flexibility index (Phi) is 5.36. The Balaban J connectivity index is 1.19. The van der Waals surface area contributed by atoms with Crippen molar-refractivity contribution in [3.63, 3.8) is 0 Å². The summed E-state index contributed by atoms with van der Waals surface area (Å²) in [6.45, 7) is 6.51. The van der Waals surface area contributed by atoms with Gasteiger partial charge < -0.3 is 4.90 Å². The molecule has 2 aliphatic heterocycles. The van der Waals surface area contributed by atoms with E-state index in [0.29, 0.717) is 5.91 Å². The molecule has 1 atom stereocenters. The zero-order valence-corrected chi connectivity index (χ0v) is 18.2. The van der Waals surface area contributed by atoms with Gasteiger partial charge in [-0.3, -0.25) is 9.69 Å². The normalized spacial score (nSPS) is 21.5. The number of aryl methyl sites for hydroxylation is 1. The molecule has 1 unspecified atom stereocenters. The van der Waals surface area contributed by atoms with Gasteiger partial charge in [0, 0.05) is 37.9 Å². The lowest BCUT2D eigenvalue weighted by atomic mass is 9.85. The standard InChI is InChI=1S/C26H30N4O/c1-21-6-5-9-24(16-21)30-19-23(17-27-30)18-28-14-11-26(20-28)12-15-29(25(26)31)13-10-22-7-3-2-4-8-22/h2-9,16-17,19H,10-15,18,20H2,1H3. The van der Waals surface area contributed by atoms with Gasteiger partial charge in [-0.05, 0) is 56.0 Å². The monoisotopic (exact) mass is 414 g/mol. The third-order valence-corrected chi connectivity index (χ3v) is 6.86. The Labute approximate surface area is 184 Å². The molecule has 3 heterocycles. The van der Waals surface area contributed by atoms with E-state index < -0.39 is 0 Å². The fourth-order valence-corrected chi connectivity index (χ4v) is 5.10. The molecule has 0 aliphatic carbocycles. The summed E-state index contributed by atoms with van der Waals surface area (Å²) in [5.41, 5.74) is 4.64. The Morgan fingerprint density at radius 2 is 1.84 bits per heavy atom. The molecular formula is C26H30N4O. The first-order valence-corrected chi connectivity index (χ1v) is 11.3. The van der Waals surface area contributed by atoms with Crippen molar-refractivity contribution in [2.75, 3.05) is 26.2 Å². The maximum Gasteiger partial charge on any atom is 0.230 e. The number of benzene rings is 2. The second kappa shape index (κ2) is 8.31. The van der Waals surface area contributed by atoms with Gasteiger partial charge in [-0.15, -0.1) is 0 Å². The number of amides is 1. The summed E-state index contributed by atoms with van der Waals surface area (Å²) in [7, 11) is 0. The van der Waals surface area contributed by atoms with Crippen molar-refractivity contribution < 1.29 is 4.79 Å². The fraction of sp³-hybridized carbons (Fsp3) is 0.385. The zero-order valence-electron chi connectivity index (χ0n) is 18.2. The molecule has 160 valence electrons. The van der Waals surface area contributed by atoms with E-state index in [1.54, 1.807) is 0 Å². The van der Waals surface area contributed by atoms with E-state index in [0.717, 1.165) is 57.7 Å². The highest BCUT2D eigenvalue weighted by Gasteiger charge is 2.50. The Morgan fingerprint density at radius 1 is 1.00 bits per heavy atom. The first kappa shape index (κ1) is 20.0. The molecule has 2 saturated heterocycles.